The second-order valence-electron chi connectivity index (χ2n) is 7.26. The Hall–Kier alpha value is -2.33. The van der Waals surface area contributed by atoms with E-state index in [-0.39, 0.29) is 0 Å². The van der Waals surface area contributed by atoms with E-state index in [1.165, 1.54) is 17.0 Å². The molecule has 136 valence electrons. The van der Waals surface area contributed by atoms with E-state index in [9.17, 15) is 5.11 Å². The third-order valence-corrected chi connectivity index (χ3v) is 5.54. The first-order valence-electron chi connectivity index (χ1n) is 9.66. The summed E-state index contributed by atoms with van der Waals surface area (Å²) < 4.78 is 0. The first kappa shape index (κ1) is 17.1. The van der Waals surface area contributed by atoms with Gasteiger partial charge in [0.05, 0.1) is 11.4 Å². The molecule has 0 radical (unpaired) electrons. The summed E-state index contributed by atoms with van der Waals surface area (Å²) in [5.41, 5.74) is 3.86. The minimum Gasteiger partial charge on any atom is -0.508 e. The lowest BCUT2D eigenvalue weighted by molar-refractivity contribution is 0.164. The van der Waals surface area contributed by atoms with Crippen LogP contribution in [0.5, 0.6) is 5.75 Å². The highest BCUT2D eigenvalue weighted by molar-refractivity contribution is 6.04. The maximum atomic E-state index is 9.39. The number of aliphatic imine (C=N–C) groups is 1. The predicted molar refractivity (Wildman–Crippen MR) is 106 cm³/mol. The van der Waals surface area contributed by atoms with Crippen molar-refractivity contribution in [1.29, 1.82) is 0 Å². The normalized spacial score (nSPS) is 23.2. The van der Waals surface area contributed by atoms with Crippen LogP contribution in [0.4, 0.5) is 0 Å². The van der Waals surface area contributed by atoms with Crippen molar-refractivity contribution in [2.75, 3.05) is 32.7 Å². The van der Waals surface area contributed by atoms with Crippen molar-refractivity contribution in [2.45, 2.75) is 19.3 Å². The summed E-state index contributed by atoms with van der Waals surface area (Å²) in [6.07, 6.45) is 14.2. The Morgan fingerprint density at radius 1 is 1.08 bits per heavy atom. The van der Waals surface area contributed by atoms with Crippen molar-refractivity contribution in [3.05, 3.63) is 66.0 Å². The second-order valence-corrected chi connectivity index (χ2v) is 7.26. The summed E-state index contributed by atoms with van der Waals surface area (Å²) in [6.45, 7) is 5.37. The quantitative estimate of drug-likeness (QED) is 0.906. The molecule has 1 aromatic rings. The molecule has 0 saturated carbocycles. The SMILES string of the molecule is Oc1ccc(CCN2CCN(C3=CC=CC4CCC=CN=C34)CC2)cc1. The Labute approximate surface area is 155 Å². The lowest BCUT2D eigenvalue weighted by Crippen LogP contribution is -2.48. The van der Waals surface area contributed by atoms with Crippen LogP contribution < -0.4 is 0 Å². The van der Waals surface area contributed by atoms with Gasteiger partial charge in [0.15, 0.2) is 0 Å². The summed E-state index contributed by atoms with van der Waals surface area (Å²) in [6, 6.07) is 7.58. The molecule has 1 aliphatic carbocycles. The maximum Gasteiger partial charge on any atom is 0.115 e. The van der Waals surface area contributed by atoms with Crippen molar-refractivity contribution in [3.63, 3.8) is 0 Å². The smallest absolute Gasteiger partial charge is 0.115 e. The van der Waals surface area contributed by atoms with Crippen molar-refractivity contribution in [1.82, 2.24) is 9.80 Å². The number of phenolic OH excluding ortho intramolecular Hbond substituents is 1. The van der Waals surface area contributed by atoms with E-state index >= 15 is 0 Å². The number of hydrogen-bond acceptors (Lipinski definition) is 4. The van der Waals surface area contributed by atoms with Crippen molar-refractivity contribution in [3.8, 4) is 5.75 Å². The van der Waals surface area contributed by atoms with Crippen molar-refractivity contribution in [2.24, 2.45) is 10.9 Å². The van der Waals surface area contributed by atoms with Gasteiger partial charge >= 0.3 is 0 Å². The molecule has 3 aliphatic rings. The van der Waals surface area contributed by atoms with Crippen LogP contribution in [0.2, 0.25) is 0 Å². The zero-order valence-electron chi connectivity index (χ0n) is 15.2. The van der Waals surface area contributed by atoms with E-state index in [1.807, 2.05) is 18.3 Å². The second kappa shape index (κ2) is 7.92. The fraction of sp³-hybridized carbons (Fsp3) is 0.409. The van der Waals surface area contributed by atoms with Crippen LogP contribution in [0.1, 0.15) is 18.4 Å². The highest BCUT2D eigenvalue weighted by Crippen LogP contribution is 2.26. The number of aromatic hydroxyl groups is 1. The van der Waals surface area contributed by atoms with E-state index in [0.717, 1.165) is 52.0 Å². The molecule has 2 heterocycles. The van der Waals surface area contributed by atoms with E-state index < -0.39 is 0 Å². The van der Waals surface area contributed by atoms with E-state index in [2.05, 4.69) is 34.1 Å². The van der Waals surface area contributed by atoms with Crippen LogP contribution in [-0.4, -0.2) is 53.3 Å². The van der Waals surface area contributed by atoms with Crippen molar-refractivity contribution < 1.29 is 5.11 Å². The van der Waals surface area contributed by atoms with Crippen LogP contribution >= 0.6 is 0 Å². The minimum absolute atomic E-state index is 0.340. The summed E-state index contributed by atoms with van der Waals surface area (Å²) in [7, 11) is 0. The van der Waals surface area contributed by atoms with Crippen LogP contribution in [0, 0.1) is 5.92 Å². The number of hydrogen-bond donors (Lipinski definition) is 1. The third-order valence-electron chi connectivity index (χ3n) is 5.54. The van der Waals surface area contributed by atoms with Gasteiger partial charge in [-0.25, -0.2) is 0 Å². The summed E-state index contributed by atoms with van der Waals surface area (Å²) in [5, 5.41) is 9.39. The number of rotatable bonds is 4. The molecule has 0 aromatic heterocycles. The average Bonchev–Trinajstić information content (AvgIpc) is 2.93. The highest BCUT2D eigenvalue weighted by atomic mass is 16.3. The molecule has 1 aromatic carbocycles. The predicted octanol–water partition coefficient (Wildman–Crippen LogP) is 3.37. The standard InChI is InChI=1S/C22H27N3O/c26-20-9-7-18(8-10-20)11-13-24-14-16-25(17-15-24)21-6-3-5-19-4-1-2-12-23-22(19)21/h2-3,5-10,12,19,26H,1,4,11,13-17H2. The number of piperazine rings is 1. The molecule has 0 bridgehead atoms. The number of fused-ring (bicyclic) bond motifs is 1. The zero-order valence-corrected chi connectivity index (χ0v) is 15.2. The van der Waals surface area contributed by atoms with Gasteiger partial charge in [0, 0.05) is 44.8 Å². The molecule has 1 unspecified atom stereocenters. The van der Waals surface area contributed by atoms with Gasteiger partial charge in [0.1, 0.15) is 5.75 Å². The molecular formula is C22H27N3O. The zero-order chi connectivity index (χ0) is 17.8. The van der Waals surface area contributed by atoms with Gasteiger partial charge in [-0.2, -0.15) is 0 Å². The van der Waals surface area contributed by atoms with E-state index in [0.29, 0.717) is 11.7 Å². The molecule has 2 aliphatic heterocycles. The van der Waals surface area contributed by atoms with Gasteiger partial charge in [-0.1, -0.05) is 30.4 Å². The van der Waals surface area contributed by atoms with E-state index in [1.54, 1.807) is 12.1 Å². The third kappa shape index (κ3) is 3.91. The van der Waals surface area contributed by atoms with Gasteiger partial charge in [-0.3, -0.25) is 9.89 Å². The molecule has 26 heavy (non-hydrogen) atoms. The van der Waals surface area contributed by atoms with Gasteiger partial charge in [0.2, 0.25) is 0 Å². The Bertz CT molecular complexity index is 737. The number of nitrogens with zero attached hydrogens (tertiary/aromatic N) is 3. The molecule has 1 atom stereocenters. The summed E-state index contributed by atoms with van der Waals surface area (Å²) in [4.78, 5) is 9.79. The maximum absolute atomic E-state index is 9.39. The molecule has 1 fully saturated rings. The number of phenols is 1. The molecule has 1 N–H and O–H groups in total. The summed E-state index contributed by atoms with van der Waals surface area (Å²) in [5.74, 6) is 0.810. The van der Waals surface area contributed by atoms with Crippen LogP contribution in [-0.2, 0) is 6.42 Å². The molecule has 4 nitrogen and oxygen atoms in total. The van der Waals surface area contributed by atoms with Gasteiger partial charge in [0.25, 0.3) is 0 Å². The fourth-order valence-corrected chi connectivity index (χ4v) is 3.96. The van der Waals surface area contributed by atoms with Crippen molar-refractivity contribution >= 4 is 5.71 Å². The lowest BCUT2D eigenvalue weighted by Gasteiger charge is -2.39. The topological polar surface area (TPSA) is 39.1 Å². The highest BCUT2D eigenvalue weighted by Gasteiger charge is 2.26. The first-order chi connectivity index (χ1) is 12.8. The Morgan fingerprint density at radius 3 is 2.69 bits per heavy atom. The lowest BCUT2D eigenvalue weighted by atomic mass is 9.91. The van der Waals surface area contributed by atoms with Crippen LogP contribution in [0.15, 0.2) is 65.5 Å². The largest absolute Gasteiger partial charge is 0.508 e. The van der Waals surface area contributed by atoms with Crippen LogP contribution in [0.3, 0.4) is 0 Å². The molecular weight excluding hydrogens is 322 g/mol. The van der Waals surface area contributed by atoms with Gasteiger partial charge in [-0.15, -0.1) is 0 Å². The fourth-order valence-electron chi connectivity index (χ4n) is 3.96. The number of allylic oxidation sites excluding steroid dienone is 5. The molecule has 4 rings (SSSR count). The minimum atomic E-state index is 0.340. The van der Waals surface area contributed by atoms with E-state index in [4.69, 9.17) is 4.99 Å². The molecule has 0 spiro atoms. The molecule has 0 amide bonds. The Morgan fingerprint density at radius 2 is 1.88 bits per heavy atom. The number of benzene rings is 1. The molecule has 4 heteroatoms. The monoisotopic (exact) mass is 349 g/mol. The summed E-state index contributed by atoms with van der Waals surface area (Å²) >= 11 is 0. The molecule has 1 saturated heterocycles. The average molecular weight is 349 g/mol. The van der Waals surface area contributed by atoms with Gasteiger partial charge < -0.3 is 10.0 Å². The van der Waals surface area contributed by atoms with Gasteiger partial charge in [-0.05, 0) is 43.0 Å². The Balaban J connectivity index is 1.32. The Kier molecular flexibility index (Phi) is 5.21. The first-order valence-corrected chi connectivity index (χ1v) is 9.66. The van der Waals surface area contributed by atoms with Crippen LogP contribution in [0.25, 0.3) is 0 Å².